The predicted octanol–water partition coefficient (Wildman–Crippen LogP) is 8.55. The van der Waals surface area contributed by atoms with Crippen LogP contribution in [0, 0.1) is 6.17 Å². The van der Waals surface area contributed by atoms with Gasteiger partial charge in [0.15, 0.2) is 0 Å². The zero-order chi connectivity index (χ0) is 16.3. The van der Waals surface area contributed by atoms with Gasteiger partial charge < -0.3 is 0 Å². The Labute approximate surface area is 140 Å². The summed E-state index contributed by atoms with van der Waals surface area (Å²) in [5.41, 5.74) is 0. The summed E-state index contributed by atoms with van der Waals surface area (Å²) in [7, 11) is 0. The minimum Gasteiger partial charge on any atom is -0.240 e. The summed E-state index contributed by atoms with van der Waals surface area (Å²) in [6, 6.07) is 0. The van der Waals surface area contributed by atoms with E-state index in [1.54, 1.807) is 0 Å². The highest BCUT2D eigenvalue weighted by molar-refractivity contribution is 4.75. The fourth-order valence-electron chi connectivity index (χ4n) is 3.03. The van der Waals surface area contributed by atoms with E-state index in [2.05, 4.69) is 13.8 Å². The van der Waals surface area contributed by atoms with Crippen LogP contribution < -0.4 is 0 Å². The van der Waals surface area contributed by atoms with Gasteiger partial charge >= 0.3 is 0 Å². The van der Waals surface area contributed by atoms with Crippen molar-refractivity contribution in [3.05, 3.63) is 6.17 Å². The Kier molecular flexibility index (Phi) is 18.9. The molecule has 0 aliphatic rings. The van der Waals surface area contributed by atoms with Crippen molar-refractivity contribution in [1.82, 2.24) is 0 Å². The Morgan fingerprint density at radius 1 is 0.455 bits per heavy atom. The summed E-state index contributed by atoms with van der Waals surface area (Å²) in [6.45, 7) is 4.49. The second-order valence-corrected chi connectivity index (χ2v) is 6.97. The standard InChI is InChI=1S/C21H42F/c1-3-5-7-9-10-11-12-13-14-16-18-20-21(22)19-17-15-8-6-4-2/h3-20H2,1-2H3. The van der Waals surface area contributed by atoms with Gasteiger partial charge in [-0.2, -0.15) is 0 Å². The van der Waals surface area contributed by atoms with Gasteiger partial charge in [0.05, 0.1) is 0 Å². The van der Waals surface area contributed by atoms with E-state index in [0.29, 0.717) is 0 Å². The second kappa shape index (κ2) is 19.0. The molecule has 0 aliphatic carbocycles. The van der Waals surface area contributed by atoms with Crippen LogP contribution >= 0.6 is 0 Å². The van der Waals surface area contributed by atoms with E-state index < -0.39 is 0 Å². The van der Waals surface area contributed by atoms with Gasteiger partial charge in [-0.05, 0) is 12.8 Å². The molecule has 0 amide bonds. The molecule has 0 saturated heterocycles. The highest BCUT2D eigenvalue weighted by Crippen LogP contribution is 2.21. The van der Waals surface area contributed by atoms with Gasteiger partial charge in [0, 0.05) is 0 Å². The van der Waals surface area contributed by atoms with Crippen molar-refractivity contribution in [2.45, 2.75) is 129 Å². The molecule has 0 aromatic carbocycles. The third-order valence-electron chi connectivity index (χ3n) is 4.60. The fraction of sp³-hybridized carbons (Fsp3) is 0.952. The normalized spacial score (nSPS) is 11.5. The molecule has 0 saturated carbocycles. The lowest BCUT2D eigenvalue weighted by molar-refractivity contribution is 0.397. The molecule has 0 atom stereocenters. The number of hydrogen-bond acceptors (Lipinski definition) is 0. The molecule has 1 heteroatoms. The second-order valence-electron chi connectivity index (χ2n) is 6.97. The van der Waals surface area contributed by atoms with E-state index in [1.807, 2.05) is 0 Å². The van der Waals surface area contributed by atoms with Crippen molar-refractivity contribution in [2.24, 2.45) is 0 Å². The Hall–Kier alpha value is -0.0700. The van der Waals surface area contributed by atoms with Crippen LogP contribution in [0.5, 0.6) is 0 Å². The van der Waals surface area contributed by atoms with Crippen molar-refractivity contribution in [2.75, 3.05) is 0 Å². The first-order valence-corrected chi connectivity index (χ1v) is 10.3. The zero-order valence-corrected chi connectivity index (χ0v) is 15.6. The Bertz CT molecular complexity index is 190. The lowest BCUT2D eigenvalue weighted by Gasteiger charge is -2.07. The third-order valence-corrected chi connectivity index (χ3v) is 4.60. The van der Waals surface area contributed by atoms with Crippen LogP contribution in [-0.4, -0.2) is 0 Å². The first-order chi connectivity index (χ1) is 10.8. The molecule has 1 radical (unpaired) electrons. The molecule has 0 bridgehead atoms. The largest absolute Gasteiger partial charge is 0.240 e. The smallest absolute Gasteiger partial charge is 0.144 e. The van der Waals surface area contributed by atoms with Crippen molar-refractivity contribution < 1.29 is 4.39 Å². The van der Waals surface area contributed by atoms with Crippen molar-refractivity contribution in [3.63, 3.8) is 0 Å². The molecular formula is C21H42F. The molecule has 0 aromatic heterocycles. The summed E-state index contributed by atoms with van der Waals surface area (Å²) in [5, 5.41) is 0. The topological polar surface area (TPSA) is 0 Å². The molecule has 0 spiro atoms. The van der Waals surface area contributed by atoms with Gasteiger partial charge in [-0.3, -0.25) is 0 Å². The first-order valence-electron chi connectivity index (χ1n) is 10.3. The molecule has 0 heterocycles. The van der Waals surface area contributed by atoms with E-state index in [9.17, 15) is 4.39 Å². The molecule has 0 N–H and O–H groups in total. The van der Waals surface area contributed by atoms with Crippen LogP contribution in [0.1, 0.15) is 129 Å². The maximum Gasteiger partial charge on any atom is 0.144 e. The molecule has 22 heavy (non-hydrogen) atoms. The number of halogens is 1. The summed E-state index contributed by atoms with van der Waals surface area (Å²) in [5.74, 6) is 0. The van der Waals surface area contributed by atoms with Gasteiger partial charge in [0.1, 0.15) is 6.17 Å². The number of rotatable bonds is 18. The van der Waals surface area contributed by atoms with E-state index in [0.717, 1.165) is 25.7 Å². The molecule has 133 valence electrons. The predicted molar refractivity (Wildman–Crippen MR) is 98.8 cm³/mol. The molecule has 0 fully saturated rings. The lowest BCUT2D eigenvalue weighted by Crippen LogP contribution is -1.91. The quantitative estimate of drug-likeness (QED) is 0.222. The van der Waals surface area contributed by atoms with E-state index >= 15 is 0 Å². The monoisotopic (exact) mass is 313 g/mol. The van der Waals surface area contributed by atoms with Gasteiger partial charge in [-0.15, -0.1) is 0 Å². The van der Waals surface area contributed by atoms with Crippen LogP contribution in [0.15, 0.2) is 0 Å². The fourth-order valence-corrected chi connectivity index (χ4v) is 3.03. The maximum absolute atomic E-state index is 13.6. The summed E-state index contributed by atoms with van der Waals surface area (Å²) >= 11 is 0. The summed E-state index contributed by atoms with van der Waals surface area (Å²) in [6.07, 6.45) is 22.6. The lowest BCUT2D eigenvalue weighted by atomic mass is 10.0. The molecule has 0 unspecified atom stereocenters. The Morgan fingerprint density at radius 3 is 1.05 bits per heavy atom. The average molecular weight is 314 g/mol. The zero-order valence-electron chi connectivity index (χ0n) is 15.6. The van der Waals surface area contributed by atoms with Gasteiger partial charge in [-0.1, -0.05) is 117 Å². The molecule has 0 aliphatic heterocycles. The highest BCUT2D eigenvalue weighted by Gasteiger charge is 2.07. The number of unbranched alkanes of at least 4 members (excludes halogenated alkanes) is 14. The van der Waals surface area contributed by atoms with Gasteiger partial charge in [0.2, 0.25) is 0 Å². The Morgan fingerprint density at radius 2 is 0.727 bits per heavy atom. The molecule has 0 aromatic rings. The van der Waals surface area contributed by atoms with E-state index in [4.69, 9.17) is 0 Å². The number of hydrogen-bond donors (Lipinski definition) is 0. The SMILES string of the molecule is CCCCCCCCCCCCC[C](F)CCCCCCC. The van der Waals surface area contributed by atoms with Crippen molar-refractivity contribution in [3.8, 4) is 0 Å². The highest BCUT2D eigenvalue weighted by atomic mass is 19.1. The molecular weight excluding hydrogens is 271 g/mol. The molecule has 0 nitrogen and oxygen atoms in total. The third kappa shape index (κ3) is 18.0. The van der Waals surface area contributed by atoms with Crippen molar-refractivity contribution >= 4 is 0 Å². The first kappa shape index (κ1) is 21.9. The summed E-state index contributed by atoms with van der Waals surface area (Å²) in [4.78, 5) is 0. The van der Waals surface area contributed by atoms with Crippen LogP contribution in [0.2, 0.25) is 0 Å². The minimum atomic E-state index is 0.257. The van der Waals surface area contributed by atoms with Gasteiger partial charge in [-0.25, -0.2) is 4.39 Å². The van der Waals surface area contributed by atoms with E-state index in [1.165, 1.54) is 89.9 Å². The minimum absolute atomic E-state index is 0.257. The maximum atomic E-state index is 13.6. The van der Waals surface area contributed by atoms with E-state index in [-0.39, 0.29) is 6.17 Å². The molecule has 0 rings (SSSR count). The van der Waals surface area contributed by atoms with Crippen molar-refractivity contribution in [1.29, 1.82) is 0 Å². The van der Waals surface area contributed by atoms with Crippen LogP contribution in [0.3, 0.4) is 0 Å². The van der Waals surface area contributed by atoms with Crippen LogP contribution in [0.4, 0.5) is 4.39 Å². The van der Waals surface area contributed by atoms with Gasteiger partial charge in [0.25, 0.3) is 0 Å². The van der Waals surface area contributed by atoms with Crippen LogP contribution in [0.25, 0.3) is 0 Å². The Balaban J connectivity index is 3.09. The van der Waals surface area contributed by atoms with Crippen LogP contribution in [-0.2, 0) is 0 Å². The summed E-state index contributed by atoms with van der Waals surface area (Å²) < 4.78 is 13.6. The average Bonchev–Trinajstić information content (AvgIpc) is 2.52.